The van der Waals surface area contributed by atoms with E-state index >= 15 is 0 Å². The van der Waals surface area contributed by atoms with Crippen LogP contribution in [-0.4, -0.2) is 47.0 Å². The van der Waals surface area contributed by atoms with Crippen molar-refractivity contribution >= 4 is 6.03 Å². The zero-order valence-electron chi connectivity index (χ0n) is 15.6. The Kier molecular flexibility index (Phi) is 5.18. The summed E-state index contributed by atoms with van der Waals surface area (Å²) in [6, 6.07) is 8.01. The molecule has 1 saturated heterocycles. The van der Waals surface area contributed by atoms with Crippen molar-refractivity contribution in [3.63, 3.8) is 0 Å². The molecule has 3 heterocycles. The number of benzene rings is 1. The third-order valence-electron chi connectivity index (χ3n) is 5.12. The molecule has 0 aliphatic carbocycles. The molecule has 2 aliphatic heterocycles. The van der Waals surface area contributed by atoms with Crippen LogP contribution in [0, 0.1) is 5.92 Å². The maximum absolute atomic E-state index is 12.8. The first-order valence-electron chi connectivity index (χ1n) is 9.62. The van der Waals surface area contributed by atoms with Gasteiger partial charge >= 0.3 is 6.03 Å². The number of likely N-dealkylation sites (tertiary alicyclic amines) is 1. The second-order valence-corrected chi connectivity index (χ2v) is 7.27. The van der Waals surface area contributed by atoms with Crippen molar-refractivity contribution in [3.8, 4) is 11.5 Å². The van der Waals surface area contributed by atoms with Gasteiger partial charge in [-0.3, -0.25) is 4.68 Å². The molecule has 2 unspecified atom stereocenters. The lowest BCUT2D eigenvalue weighted by Gasteiger charge is -2.27. The van der Waals surface area contributed by atoms with Crippen LogP contribution in [-0.2, 0) is 6.54 Å². The van der Waals surface area contributed by atoms with Crippen molar-refractivity contribution in [2.75, 3.05) is 26.3 Å². The number of aromatic nitrogens is 2. The van der Waals surface area contributed by atoms with Crippen molar-refractivity contribution in [1.82, 2.24) is 20.0 Å². The molecule has 27 heavy (non-hydrogen) atoms. The fraction of sp³-hybridized carbons (Fsp3) is 0.500. The highest BCUT2D eigenvalue weighted by Gasteiger charge is 2.31. The first-order valence-corrected chi connectivity index (χ1v) is 9.62. The van der Waals surface area contributed by atoms with Crippen LogP contribution in [0.2, 0.25) is 0 Å². The lowest BCUT2D eigenvalue weighted by Crippen LogP contribution is -2.41. The number of nitrogens with zero attached hydrogens (tertiary/aromatic N) is 3. The molecule has 0 saturated carbocycles. The van der Waals surface area contributed by atoms with Crippen molar-refractivity contribution in [3.05, 3.63) is 42.2 Å². The Morgan fingerprint density at radius 3 is 3.00 bits per heavy atom. The number of hydrogen-bond donors (Lipinski definition) is 1. The number of hydrogen-bond acceptors (Lipinski definition) is 4. The second-order valence-electron chi connectivity index (χ2n) is 7.27. The van der Waals surface area contributed by atoms with Crippen LogP contribution in [0.25, 0.3) is 0 Å². The molecule has 2 atom stereocenters. The van der Waals surface area contributed by atoms with Crippen LogP contribution in [0.4, 0.5) is 4.79 Å². The number of nitrogens with one attached hydrogen (secondary N) is 1. The van der Waals surface area contributed by atoms with Gasteiger partial charge in [-0.25, -0.2) is 4.79 Å². The largest absolute Gasteiger partial charge is 0.486 e. The molecule has 0 spiro atoms. The van der Waals surface area contributed by atoms with Crippen molar-refractivity contribution in [2.24, 2.45) is 5.92 Å². The summed E-state index contributed by atoms with van der Waals surface area (Å²) < 4.78 is 13.2. The van der Waals surface area contributed by atoms with Crippen LogP contribution >= 0.6 is 0 Å². The molecule has 0 radical (unpaired) electrons. The van der Waals surface area contributed by atoms with E-state index in [0.29, 0.717) is 25.7 Å². The maximum Gasteiger partial charge on any atom is 0.317 e. The van der Waals surface area contributed by atoms with E-state index in [1.165, 1.54) is 0 Å². The summed E-state index contributed by atoms with van der Waals surface area (Å²) in [7, 11) is 0. The van der Waals surface area contributed by atoms with Crippen molar-refractivity contribution < 1.29 is 14.3 Å². The summed E-state index contributed by atoms with van der Waals surface area (Å²) in [4.78, 5) is 14.7. The lowest BCUT2D eigenvalue weighted by atomic mass is 10.0. The first-order chi connectivity index (χ1) is 13.2. The van der Waals surface area contributed by atoms with Gasteiger partial charge in [-0.2, -0.15) is 5.10 Å². The predicted octanol–water partition coefficient (Wildman–Crippen LogP) is 2.84. The molecule has 144 valence electrons. The van der Waals surface area contributed by atoms with E-state index in [4.69, 9.17) is 9.47 Å². The van der Waals surface area contributed by atoms with E-state index < -0.39 is 0 Å². The molecule has 2 amide bonds. The molecule has 4 rings (SSSR count). The summed E-state index contributed by atoms with van der Waals surface area (Å²) in [6.07, 6.45) is 5.69. The van der Waals surface area contributed by atoms with E-state index in [-0.39, 0.29) is 12.1 Å². The standard InChI is InChI=1S/C20H26N4O3/c1-15(14-23-8-3-7-22-23)13-21-20(25)24-9-2-4-17(24)16-5-6-18-19(12-16)27-11-10-26-18/h3,5-8,12,15,17H,2,4,9-11,13-14H2,1H3,(H,21,25). The molecular formula is C20H26N4O3. The van der Waals surface area contributed by atoms with Gasteiger partial charge in [0.15, 0.2) is 11.5 Å². The van der Waals surface area contributed by atoms with Gasteiger partial charge in [-0.1, -0.05) is 13.0 Å². The molecule has 2 aromatic rings. The predicted molar refractivity (Wildman–Crippen MR) is 101 cm³/mol. The Bertz CT molecular complexity index is 778. The van der Waals surface area contributed by atoms with Gasteiger partial charge in [0.25, 0.3) is 0 Å². The topological polar surface area (TPSA) is 68.6 Å². The smallest absolute Gasteiger partial charge is 0.317 e. The molecule has 1 N–H and O–H groups in total. The number of carbonyl (C=O) groups is 1. The highest BCUT2D eigenvalue weighted by Crippen LogP contribution is 2.38. The molecule has 7 heteroatoms. The molecule has 7 nitrogen and oxygen atoms in total. The molecule has 1 fully saturated rings. The number of ether oxygens (including phenoxy) is 2. The van der Waals surface area contributed by atoms with E-state index in [0.717, 1.165) is 43.0 Å². The fourth-order valence-corrected chi connectivity index (χ4v) is 3.78. The van der Waals surface area contributed by atoms with Gasteiger partial charge < -0.3 is 19.7 Å². The molecular weight excluding hydrogens is 344 g/mol. The van der Waals surface area contributed by atoms with Crippen LogP contribution in [0.15, 0.2) is 36.7 Å². The quantitative estimate of drug-likeness (QED) is 0.879. The fourth-order valence-electron chi connectivity index (χ4n) is 3.78. The minimum absolute atomic E-state index is 0.000274. The van der Waals surface area contributed by atoms with Gasteiger partial charge in [-0.15, -0.1) is 0 Å². The highest BCUT2D eigenvalue weighted by molar-refractivity contribution is 5.75. The van der Waals surface area contributed by atoms with E-state index in [9.17, 15) is 4.79 Å². The Morgan fingerprint density at radius 2 is 2.19 bits per heavy atom. The Labute approximate surface area is 159 Å². The Morgan fingerprint density at radius 1 is 1.33 bits per heavy atom. The maximum atomic E-state index is 12.8. The van der Waals surface area contributed by atoms with Gasteiger partial charge in [0.1, 0.15) is 13.2 Å². The Balaban J connectivity index is 1.37. The number of rotatable bonds is 5. The number of carbonyl (C=O) groups excluding carboxylic acids is 1. The second kappa shape index (κ2) is 7.90. The average Bonchev–Trinajstić information content (AvgIpc) is 3.37. The third kappa shape index (κ3) is 4.02. The van der Waals surface area contributed by atoms with Crippen LogP contribution in [0.3, 0.4) is 0 Å². The summed E-state index contributed by atoms with van der Waals surface area (Å²) in [6.45, 7) is 5.46. The minimum Gasteiger partial charge on any atom is -0.486 e. The molecule has 1 aromatic carbocycles. The van der Waals surface area contributed by atoms with E-state index in [2.05, 4.69) is 17.3 Å². The van der Waals surface area contributed by atoms with Gasteiger partial charge in [0.2, 0.25) is 0 Å². The first kappa shape index (κ1) is 17.7. The van der Waals surface area contributed by atoms with Crippen LogP contribution in [0.5, 0.6) is 11.5 Å². The molecule has 0 bridgehead atoms. The van der Waals surface area contributed by atoms with Gasteiger partial charge in [0.05, 0.1) is 6.04 Å². The summed E-state index contributed by atoms with van der Waals surface area (Å²) in [5, 5.41) is 7.31. The van der Waals surface area contributed by atoms with E-state index in [1.807, 2.05) is 40.0 Å². The molecule has 2 aliphatic rings. The average molecular weight is 370 g/mol. The summed E-state index contributed by atoms with van der Waals surface area (Å²) in [5.41, 5.74) is 1.11. The normalized spacial score (nSPS) is 19.7. The summed E-state index contributed by atoms with van der Waals surface area (Å²) >= 11 is 0. The zero-order valence-corrected chi connectivity index (χ0v) is 15.6. The summed E-state index contributed by atoms with van der Waals surface area (Å²) in [5.74, 6) is 1.87. The van der Waals surface area contributed by atoms with E-state index in [1.54, 1.807) is 6.20 Å². The number of fused-ring (bicyclic) bond motifs is 1. The highest BCUT2D eigenvalue weighted by atomic mass is 16.6. The van der Waals surface area contributed by atoms with Crippen LogP contribution in [0.1, 0.15) is 31.4 Å². The van der Waals surface area contributed by atoms with Crippen LogP contribution < -0.4 is 14.8 Å². The van der Waals surface area contributed by atoms with Crippen molar-refractivity contribution in [1.29, 1.82) is 0 Å². The monoisotopic (exact) mass is 370 g/mol. The zero-order chi connectivity index (χ0) is 18.6. The number of amides is 2. The Hall–Kier alpha value is -2.70. The number of urea groups is 1. The minimum atomic E-state index is -0.000274. The van der Waals surface area contributed by atoms with Crippen molar-refractivity contribution in [2.45, 2.75) is 32.4 Å². The lowest BCUT2D eigenvalue weighted by molar-refractivity contribution is 0.170. The third-order valence-corrected chi connectivity index (χ3v) is 5.12. The SMILES string of the molecule is CC(CNC(=O)N1CCCC1c1ccc2c(c1)OCCO2)Cn1cccn1. The van der Waals surface area contributed by atoms with Gasteiger partial charge in [-0.05, 0) is 42.5 Å². The molecule has 1 aromatic heterocycles. The van der Waals surface area contributed by atoms with Gasteiger partial charge in [0, 0.05) is 32.0 Å².